The zero-order valence-electron chi connectivity index (χ0n) is 14.4. The normalized spacial score (nSPS) is 17.8. The summed E-state index contributed by atoms with van der Waals surface area (Å²) in [5, 5.41) is 2.86. The molecule has 3 rings (SSSR count). The predicted molar refractivity (Wildman–Crippen MR) is 93.3 cm³/mol. The zero-order valence-corrected chi connectivity index (χ0v) is 14.4. The van der Waals surface area contributed by atoms with E-state index in [1.54, 1.807) is 17.0 Å². The van der Waals surface area contributed by atoms with Crippen LogP contribution in [0.4, 0.5) is 24.7 Å². The van der Waals surface area contributed by atoms with E-state index in [1.165, 1.54) is 18.3 Å². The fourth-order valence-electron chi connectivity index (χ4n) is 3.13. The minimum Gasteiger partial charge on any atom is -0.340 e. The van der Waals surface area contributed by atoms with Crippen LogP contribution in [0.25, 0.3) is 0 Å². The average Bonchev–Trinajstić information content (AvgIpc) is 2.61. The standard InChI is InChI=1S/C19H20F3N3O/c1-13-5-4-10-25(12-13)18(26)16-8-3-9-23-17(16)24-15-7-2-6-14(11-15)19(20,21)22/h2-3,6-9,11,13H,4-5,10,12H2,1H3,(H,23,24). The zero-order chi connectivity index (χ0) is 18.7. The maximum atomic E-state index is 12.9. The van der Waals surface area contributed by atoms with Crippen LogP contribution in [-0.4, -0.2) is 28.9 Å². The Morgan fingerprint density at radius 2 is 2.08 bits per heavy atom. The van der Waals surface area contributed by atoms with Crippen molar-refractivity contribution in [2.75, 3.05) is 18.4 Å². The third-order valence-electron chi connectivity index (χ3n) is 4.43. The van der Waals surface area contributed by atoms with Crippen LogP contribution < -0.4 is 5.32 Å². The van der Waals surface area contributed by atoms with E-state index in [0.29, 0.717) is 24.6 Å². The van der Waals surface area contributed by atoms with Crippen molar-refractivity contribution in [3.05, 3.63) is 53.7 Å². The number of carbonyl (C=O) groups is 1. The van der Waals surface area contributed by atoms with Gasteiger partial charge in [0.25, 0.3) is 5.91 Å². The summed E-state index contributed by atoms with van der Waals surface area (Å²) in [5.41, 5.74) is -0.158. The number of carbonyl (C=O) groups excluding carboxylic acids is 1. The van der Waals surface area contributed by atoms with Crippen LogP contribution in [0.15, 0.2) is 42.6 Å². The molecule has 1 aliphatic heterocycles. The number of nitrogens with one attached hydrogen (secondary N) is 1. The molecule has 4 nitrogen and oxygen atoms in total. The van der Waals surface area contributed by atoms with Crippen LogP contribution in [0.1, 0.15) is 35.7 Å². The number of benzene rings is 1. The van der Waals surface area contributed by atoms with E-state index in [9.17, 15) is 18.0 Å². The van der Waals surface area contributed by atoms with Crippen molar-refractivity contribution in [3.8, 4) is 0 Å². The van der Waals surface area contributed by atoms with E-state index in [2.05, 4.69) is 17.2 Å². The molecule has 2 heterocycles. The topological polar surface area (TPSA) is 45.2 Å². The molecule has 1 unspecified atom stereocenters. The van der Waals surface area contributed by atoms with Gasteiger partial charge in [0.2, 0.25) is 0 Å². The lowest BCUT2D eigenvalue weighted by atomic mass is 9.99. The maximum absolute atomic E-state index is 12.9. The molecule has 1 aromatic carbocycles. The molecule has 1 amide bonds. The van der Waals surface area contributed by atoms with Crippen LogP contribution in [-0.2, 0) is 6.18 Å². The largest absolute Gasteiger partial charge is 0.416 e. The Hall–Kier alpha value is -2.57. The van der Waals surface area contributed by atoms with E-state index in [1.807, 2.05) is 0 Å². The van der Waals surface area contributed by atoms with Crippen LogP contribution in [0.2, 0.25) is 0 Å². The second-order valence-corrected chi connectivity index (χ2v) is 6.60. The SMILES string of the molecule is CC1CCCN(C(=O)c2cccnc2Nc2cccc(C(F)(F)F)c2)C1. The summed E-state index contributed by atoms with van der Waals surface area (Å²) in [6.45, 7) is 3.46. The molecule has 0 aliphatic carbocycles. The summed E-state index contributed by atoms with van der Waals surface area (Å²) in [7, 11) is 0. The molecular weight excluding hydrogens is 343 g/mol. The van der Waals surface area contributed by atoms with Gasteiger partial charge in [-0.25, -0.2) is 4.98 Å². The number of alkyl halides is 3. The number of nitrogens with zero attached hydrogens (tertiary/aromatic N) is 2. The van der Waals surface area contributed by atoms with Crippen LogP contribution in [0, 0.1) is 5.92 Å². The highest BCUT2D eigenvalue weighted by molar-refractivity contribution is 5.99. The van der Waals surface area contributed by atoms with Crippen LogP contribution >= 0.6 is 0 Å². The van der Waals surface area contributed by atoms with E-state index in [0.717, 1.165) is 25.0 Å². The van der Waals surface area contributed by atoms with Crippen molar-refractivity contribution in [3.63, 3.8) is 0 Å². The second-order valence-electron chi connectivity index (χ2n) is 6.60. The molecule has 1 fully saturated rings. The summed E-state index contributed by atoms with van der Waals surface area (Å²) in [5.74, 6) is 0.540. The number of anilines is 2. The smallest absolute Gasteiger partial charge is 0.340 e. The summed E-state index contributed by atoms with van der Waals surface area (Å²) in [6, 6.07) is 8.14. The highest BCUT2D eigenvalue weighted by Gasteiger charge is 2.30. The lowest BCUT2D eigenvalue weighted by Gasteiger charge is -2.31. The molecule has 26 heavy (non-hydrogen) atoms. The second kappa shape index (κ2) is 7.35. The molecule has 1 aromatic heterocycles. The first-order valence-electron chi connectivity index (χ1n) is 8.53. The Balaban J connectivity index is 1.85. The number of hydrogen-bond acceptors (Lipinski definition) is 3. The molecular formula is C19H20F3N3O. The van der Waals surface area contributed by atoms with Gasteiger partial charge in [-0.3, -0.25) is 4.79 Å². The van der Waals surface area contributed by atoms with Gasteiger partial charge in [-0.15, -0.1) is 0 Å². The summed E-state index contributed by atoms with van der Waals surface area (Å²) in [6.07, 6.45) is -0.883. The van der Waals surface area contributed by atoms with Gasteiger partial charge in [0.15, 0.2) is 0 Å². The average molecular weight is 363 g/mol. The van der Waals surface area contributed by atoms with Crippen molar-refractivity contribution < 1.29 is 18.0 Å². The first kappa shape index (κ1) is 18.2. The number of rotatable bonds is 3. The van der Waals surface area contributed by atoms with E-state index in [-0.39, 0.29) is 17.4 Å². The molecule has 0 bridgehead atoms. The molecule has 0 radical (unpaired) electrons. The Kier molecular flexibility index (Phi) is 5.15. The molecule has 1 atom stereocenters. The summed E-state index contributed by atoms with van der Waals surface area (Å²) < 4.78 is 38.7. The van der Waals surface area contributed by atoms with Gasteiger partial charge in [-0.2, -0.15) is 13.2 Å². The van der Waals surface area contributed by atoms with Gasteiger partial charge in [0, 0.05) is 25.0 Å². The van der Waals surface area contributed by atoms with E-state index >= 15 is 0 Å². The van der Waals surface area contributed by atoms with E-state index in [4.69, 9.17) is 0 Å². The third kappa shape index (κ3) is 4.15. The number of likely N-dealkylation sites (tertiary alicyclic amines) is 1. The van der Waals surface area contributed by atoms with Crippen LogP contribution in [0.3, 0.4) is 0 Å². The summed E-state index contributed by atoms with van der Waals surface area (Å²) >= 11 is 0. The summed E-state index contributed by atoms with van der Waals surface area (Å²) in [4.78, 5) is 18.8. The molecule has 1 N–H and O–H groups in total. The molecule has 0 spiro atoms. The van der Waals surface area contributed by atoms with Crippen molar-refractivity contribution in [1.29, 1.82) is 0 Å². The highest BCUT2D eigenvalue weighted by Crippen LogP contribution is 2.31. The molecule has 0 saturated carbocycles. The van der Waals surface area contributed by atoms with Crippen molar-refractivity contribution >= 4 is 17.4 Å². The van der Waals surface area contributed by atoms with Gasteiger partial charge in [0.1, 0.15) is 5.82 Å². The van der Waals surface area contributed by atoms with E-state index < -0.39 is 11.7 Å². The minimum absolute atomic E-state index is 0.154. The Morgan fingerprint density at radius 1 is 1.27 bits per heavy atom. The van der Waals surface area contributed by atoms with Crippen LogP contribution in [0.5, 0.6) is 0 Å². The van der Waals surface area contributed by atoms with Crippen molar-refractivity contribution in [2.24, 2.45) is 5.92 Å². The Morgan fingerprint density at radius 3 is 2.81 bits per heavy atom. The van der Waals surface area contributed by atoms with Crippen molar-refractivity contribution in [1.82, 2.24) is 9.88 Å². The number of pyridine rings is 1. The van der Waals surface area contributed by atoms with Gasteiger partial charge >= 0.3 is 6.18 Å². The minimum atomic E-state index is -4.43. The lowest BCUT2D eigenvalue weighted by Crippen LogP contribution is -2.39. The van der Waals surface area contributed by atoms with Gasteiger partial charge in [-0.05, 0) is 49.1 Å². The molecule has 1 saturated heterocycles. The Bertz CT molecular complexity index is 792. The lowest BCUT2D eigenvalue weighted by molar-refractivity contribution is -0.137. The fraction of sp³-hybridized carbons (Fsp3) is 0.368. The third-order valence-corrected chi connectivity index (χ3v) is 4.43. The monoisotopic (exact) mass is 363 g/mol. The molecule has 138 valence electrons. The number of amides is 1. The number of aromatic nitrogens is 1. The number of halogens is 3. The molecule has 2 aromatic rings. The quantitative estimate of drug-likeness (QED) is 0.859. The number of hydrogen-bond donors (Lipinski definition) is 1. The molecule has 1 aliphatic rings. The Labute approximate surface area is 150 Å². The maximum Gasteiger partial charge on any atom is 0.416 e. The van der Waals surface area contributed by atoms with Gasteiger partial charge in [0.05, 0.1) is 11.1 Å². The fourth-order valence-corrected chi connectivity index (χ4v) is 3.13. The first-order chi connectivity index (χ1) is 12.3. The van der Waals surface area contributed by atoms with Gasteiger partial charge in [-0.1, -0.05) is 13.0 Å². The number of piperidine rings is 1. The first-order valence-corrected chi connectivity index (χ1v) is 8.53. The predicted octanol–water partition coefficient (Wildman–Crippen LogP) is 4.72. The van der Waals surface area contributed by atoms with Crippen molar-refractivity contribution in [2.45, 2.75) is 25.9 Å². The highest BCUT2D eigenvalue weighted by atomic mass is 19.4. The molecule has 7 heteroatoms. The van der Waals surface area contributed by atoms with Gasteiger partial charge < -0.3 is 10.2 Å².